The minimum atomic E-state index is -0.521. The topological polar surface area (TPSA) is 70.7 Å². The molecule has 2 amide bonds. The van der Waals surface area contributed by atoms with E-state index in [-0.39, 0.29) is 23.8 Å². The number of hydrogen-bond acceptors (Lipinski definition) is 4. The highest BCUT2D eigenvalue weighted by molar-refractivity contribution is 5.95. The Balaban J connectivity index is 1.83. The summed E-state index contributed by atoms with van der Waals surface area (Å²) in [6.45, 7) is 10.5. The highest BCUT2D eigenvalue weighted by Crippen LogP contribution is 2.19. The summed E-state index contributed by atoms with van der Waals surface area (Å²) in [5.74, 6) is -0.542. The molecule has 6 nitrogen and oxygen atoms in total. The molecule has 1 atom stereocenters. The molecule has 1 aliphatic rings. The van der Waals surface area contributed by atoms with Crippen LogP contribution in [-0.4, -0.2) is 47.7 Å². The average Bonchev–Trinajstić information content (AvgIpc) is 2.56. The molecule has 1 unspecified atom stereocenters. The first-order valence-corrected chi connectivity index (χ1v) is 9.36. The largest absolute Gasteiger partial charge is 0.444 e. The van der Waals surface area contributed by atoms with Gasteiger partial charge >= 0.3 is 6.09 Å². The molecule has 150 valence electrons. The number of alkyl carbamates (subject to hydrolysis) is 1. The molecule has 0 spiro atoms. The fraction of sp³-hybridized carbons (Fsp3) is 0.600. The van der Waals surface area contributed by atoms with Crippen molar-refractivity contribution >= 4 is 17.7 Å². The molecule has 1 heterocycles. The molecule has 1 fully saturated rings. The van der Waals surface area contributed by atoms with Gasteiger partial charge in [0.05, 0.1) is 6.04 Å². The highest BCUT2D eigenvalue weighted by atomic mass is 19.1. The van der Waals surface area contributed by atoms with Gasteiger partial charge in [-0.1, -0.05) is 6.07 Å². The molecule has 1 aromatic carbocycles. The summed E-state index contributed by atoms with van der Waals surface area (Å²) in [7, 11) is 0. The van der Waals surface area contributed by atoms with Gasteiger partial charge in [-0.3, -0.25) is 9.69 Å². The number of benzene rings is 1. The Labute approximate surface area is 160 Å². The first-order chi connectivity index (χ1) is 12.5. The lowest BCUT2D eigenvalue weighted by Gasteiger charge is -2.35. The fourth-order valence-electron chi connectivity index (χ4n) is 3.04. The Bertz CT molecular complexity index is 680. The second kappa shape index (κ2) is 8.69. The van der Waals surface area contributed by atoms with Crippen molar-refractivity contribution in [2.45, 2.75) is 65.1 Å². The number of likely N-dealkylation sites (tertiary alicyclic amines) is 1. The second-order valence-electron chi connectivity index (χ2n) is 8.08. The molecule has 1 aromatic rings. The van der Waals surface area contributed by atoms with Crippen LogP contribution in [0.15, 0.2) is 18.2 Å². The number of nitrogens with zero attached hydrogens (tertiary/aromatic N) is 1. The van der Waals surface area contributed by atoms with Gasteiger partial charge in [-0.2, -0.15) is 0 Å². The van der Waals surface area contributed by atoms with Gasteiger partial charge in [-0.05, 0) is 65.2 Å². The van der Waals surface area contributed by atoms with Crippen molar-refractivity contribution in [2.24, 2.45) is 0 Å². The van der Waals surface area contributed by atoms with Crippen LogP contribution < -0.4 is 10.6 Å². The van der Waals surface area contributed by atoms with Crippen LogP contribution in [0.25, 0.3) is 0 Å². The van der Waals surface area contributed by atoms with E-state index in [4.69, 9.17) is 4.74 Å². The highest BCUT2D eigenvalue weighted by Gasteiger charge is 2.28. The maximum Gasteiger partial charge on any atom is 0.407 e. The number of ether oxygens (including phenoxy) is 1. The molecule has 0 aromatic heterocycles. The van der Waals surface area contributed by atoms with Gasteiger partial charge in [0.15, 0.2) is 0 Å². The van der Waals surface area contributed by atoms with E-state index in [2.05, 4.69) is 15.5 Å². The van der Waals surface area contributed by atoms with Crippen LogP contribution in [0.4, 0.5) is 14.9 Å². The summed E-state index contributed by atoms with van der Waals surface area (Å²) in [5, 5.41) is 5.69. The smallest absolute Gasteiger partial charge is 0.407 e. The number of aryl methyl sites for hydroxylation is 1. The normalized spacial score (nSPS) is 17.3. The summed E-state index contributed by atoms with van der Waals surface area (Å²) in [6, 6.07) is 4.05. The maximum atomic E-state index is 13.4. The predicted octanol–water partition coefficient (Wildman–Crippen LogP) is 3.45. The third-order valence-corrected chi connectivity index (χ3v) is 4.64. The third-order valence-electron chi connectivity index (χ3n) is 4.64. The van der Waals surface area contributed by atoms with E-state index in [1.54, 1.807) is 6.07 Å². The molecule has 2 N–H and O–H groups in total. The summed E-state index contributed by atoms with van der Waals surface area (Å²) in [5.41, 5.74) is 0.789. The first-order valence-electron chi connectivity index (χ1n) is 9.36. The number of carbonyl (C=O) groups is 2. The molecule has 0 saturated carbocycles. The Morgan fingerprint density at radius 1 is 1.26 bits per heavy atom. The lowest BCUT2D eigenvalue weighted by atomic mass is 10.0. The first kappa shape index (κ1) is 21.2. The Morgan fingerprint density at radius 2 is 1.89 bits per heavy atom. The summed E-state index contributed by atoms with van der Waals surface area (Å²) >= 11 is 0. The lowest BCUT2D eigenvalue weighted by molar-refractivity contribution is -0.121. The van der Waals surface area contributed by atoms with Crippen molar-refractivity contribution in [1.29, 1.82) is 0 Å². The van der Waals surface area contributed by atoms with E-state index in [0.717, 1.165) is 18.4 Å². The van der Waals surface area contributed by atoms with E-state index in [1.807, 2.05) is 34.6 Å². The van der Waals surface area contributed by atoms with Gasteiger partial charge in [-0.25, -0.2) is 9.18 Å². The number of nitrogens with one attached hydrogen (secondary N) is 2. The van der Waals surface area contributed by atoms with Crippen LogP contribution in [0.5, 0.6) is 0 Å². The predicted molar refractivity (Wildman–Crippen MR) is 103 cm³/mol. The summed E-state index contributed by atoms with van der Waals surface area (Å²) in [4.78, 5) is 26.5. The van der Waals surface area contributed by atoms with Gasteiger partial charge in [0.25, 0.3) is 0 Å². The van der Waals surface area contributed by atoms with Crippen LogP contribution in [0.3, 0.4) is 0 Å². The zero-order chi connectivity index (χ0) is 20.2. The quantitative estimate of drug-likeness (QED) is 0.841. The van der Waals surface area contributed by atoms with Gasteiger partial charge in [-0.15, -0.1) is 0 Å². The Hall–Kier alpha value is -2.15. The molecule has 0 aliphatic carbocycles. The van der Waals surface area contributed by atoms with E-state index in [9.17, 15) is 14.0 Å². The Kier molecular flexibility index (Phi) is 6.81. The monoisotopic (exact) mass is 379 g/mol. The maximum absolute atomic E-state index is 13.4. The number of hydrogen-bond donors (Lipinski definition) is 2. The molecule has 0 bridgehead atoms. The van der Waals surface area contributed by atoms with Crippen LogP contribution in [0, 0.1) is 12.7 Å². The average molecular weight is 379 g/mol. The zero-order valence-corrected chi connectivity index (χ0v) is 16.8. The minimum absolute atomic E-state index is 0.0387. The number of anilines is 1. The van der Waals surface area contributed by atoms with Gasteiger partial charge in [0.1, 0.15) is 11.4 Å². The van der Waals surface area contributed by atoms with E-state index in [1.165, 1.54) is 12.1 Å². The van der Waals surface area contributed by atoms with E-state index >= 15 is 0 Å². The number of halogens is 1. The van der Waals surface area contributed by atoms with Crippen molar-refractivity contribution in [2.75, 3.05) is 18.4 Å². The van der Waals surface area contributed by atoms with Crippen molar-refractivity contribution in [1.82, 2.24) is 10.2 Å². The number of piperidine rings is 1. The van der Waals surface area contributed by atoms with Crippen molar-refractivity contribution in [3.05, 3.63) is 29.6 Å². The molecule has 7 heteroatoms. The van der Waals surface area contributed by atoms with Crippen LogP contribution in [-0.2, 0) is 9.53 Å². The minimum Gasteiger partial charge on any atom is -0.444 e. The van der Waals surface area contributed by atoms with E-state index in [0.29, 0.717) is 18.8 Å². The Morgan fingerprint density at radius 3 is 2.48 bits per heavy atom. The SMILES string of the molecule is Cc1ccc(F)cc1NC(=O)C(C)N1CCC(NC(=O)OC(C)(C)C)CC1. The number of amides is 2. The standard InChI is InChI=1S/C20H30FN3O3/c1-13-6-7-15(21)12-17(13)23-18(25)14(2)24-10-8-16(9-11-24)22-19(26)27-20(3,4)5/h6-7,12,14,16H,8-11H2,1-5H3,(H,22,26)(H,23,25). The molecular formula is C20H30FN3O3. The molecule has 0 radical (unpaired) electrons. The van der Waals surface area contributed by atoms with Gasteiger partial charge in [0.2, 0.25) is 5.91 Å². The van der Waals surface area contributed by atoms with Crippen LogP contribution in [0.2, 0.25) is 0 Å². The van der Waals surface area contributed by atoms with Crippen molar-refractivity contribution in [3.63, 3.8) is 0 Å². The number of carbonyl (C=O) groups excluding carboxylic acids is 2. The van der Waals surface area contributed by atoms with Crippen LogP contribution >= 0.6 is 0 Å². The molecular weight excluding hydrogens is 349 g/mol. The summed E-state index contributed by atoms with van der Waals surface area (Å²) < 4.78 is 18.7. The third kappa shape index (κ3) is 6.50. The number of rotatable bonds is 4. The fourth-order valence-corrected chi connectivity index (χ4v) is 3.04. The van der Waals surface area contributed by atoms with Crippen LogP contribution in [0.1, 0.15) is 46.1 Å². The van der Waals surface area contributed by atoms with Gasteiger partial charge in [0, 0.05) is 24.8 Å². The van der Waals surface area contributed by atoms with E-state index < -0.39 is 11.7 Å². The lowest BCUT2D eigenvalue weighted by Crippen LogP contribution is -2.51. The second-order valence-corrected chi connectivity index (χ2v) is 8.08. The molecule has 2 rings (SSSR count). The summed E-state index contributed by atoms with van der Waals surface area (Å²) in [6.07, 6.45) is 1.08. The van der Waals surface area contributed by atoms with Crippen molar-refractivity contribution < 1.29 is 18.7 Å². The molecule has 1 saturated heterocycles. The van der Waals surface area contributed by atoms with Gasteiger partial charge < -0.3 is 15.4 Å². The molecule has 27 heavy (non-hydrogen) atoms. The zero-order valence-electron chi connectivity index (χ0n) is 16.8. The van der Waals surface area contributed by atoms with Crippen molar-refractivity contribution in [3.8, 4) is 0 Å². The molecule has 1 aliphatic heterocycles.